The summed E-state index contributed by atoms with van der Waals surface area (Å²) in [4.78, 5) is 1.73. The average molecular weight is 278 g/mol. The highest BCUT2D eigenvalue weighted by Gasteiger charge is 2.41. The first-order chi connectivity index (χ1) is 8.81. The number of benzene rings is 1. The maximum Gasteiger partial charge on any atom is 0.285 e. The molecule has 2 aliphatic heterocycles. The lowest BCUT2D eigenvalue weighted by atomic mass is 10.1. The predicted octanol–water partition coefficient (Wildman–Crippen LogP) is 1.45. The van der Waals surface area contributed by atoms with Crippen molar-refractivity contribution in [2.75, 3.05) is 0 Å². The van der Waals surface area contributed by atoms with Crippen molar-refractivity contribution < 1.29 is 13.5 Å². The number of fused-ring (bicyclic) bond motifs is 1. The molecule has 6 heteroatoms. The van der Waals surface area contributed by atoms with Crippen molar-refractivity contribution in [3.63, 3.8) is 0 Å². The molecule has 19 heavy (non-hydrogen) atoms. The van der Waals surface area contributed by atoms with Gasteiger partial charge in [-0.25, -0.2) is 0 Å². The number of nitrogens with zero attached hydrogens (tertiary/aromatic N) is 2. The highest BCUT2D eigenvalue weighted by molar-refractivity contribution is 7.90. The van der Waals surface area contributed by atoms with Gasteiger partial charge in [0.15, 0.2) is 5.84 Å². The van der Waals surface area contributed by atoms with Gasteiger partial charge in [-0.2, -0.15) is 8.42 Å². The second kappa shape index (κ2) is 3.68. The number of amidine groups is 1. The largest absolute Gasteiger partial charge is 0.370 e. The predicted molar refractivity (Wildman–Crippen MR) is 71.0 cm³/mol. The van der Waals surface area contributed by atoms with Gasteiger partial charge in [0, 0.05) is 18.2 Å². The van der Waals surface area contributed by atoms with Crippen LogP contribution in [0.5, 0.6) is 0 Å². The van der Waals surface area contributed by atoms with Crippen LogP contribution in [-0.4, -0.2) is 30.0 Å². The SMILES string of the molecule is CC1=CN(C2=NS(=O)(=O)c3ccccc32)C(C)(O)C1. The Balaban J connectivity index is 2.19. The fourth-order valence-corrected chi connectivity index (χ4v) is 3.77. The van der Waals surface area contributed by atoms with Crippen molar-refractivity contribution in [3.8, 4) is 0 Å². The van der Waals surface area contributed by atoms with Gasteiger partial charge in [0.2, 0.25) is 0 Å². The number of sulfonamides is 1. The molecule has 0 spiro atoms. The molecule has 0 aromatic heterocycles. The molecule has 1 aromatic rings. The van der Waals surface area contributed by atoms with Crippen molar-refractivity contribution in [3.05, 3.63) is 41.6 Å². The Labute approximate surface area is 111 Å². The van der Waals surface area contributed by atoms with Crippen molar-refractivity contribution in [1.29, 1.82) is 0 Å². The van der Waals surface area contributed by atoms with Gasteiger partial charge in [-0.3, -0.25) is 0 Å². The summed E-state index contributed by atoms with van der Waals surface area (Å²) in [5.41, 5.74) is 0.374. The normalized spacial score (nSPS) is 28.1. The maximum atomic E-state index is 12.0. The fraction of sp³-hybridized carbons (Fsp3) is 0.308. The van der Waals surface area contributed by atoms with E-state index in [1.165, 1.54) is 11.0 Å². The van der Waals surface area contributed by atoms with E-state index in [0.29, 0.717) is 12.0 Å². The Morgan fingerprint density at radius 3 is 2.68 bits per heavy atom. The Morgan fingerprint density at radius 1 is 1.37 bits per heavy atom. The molecule has 0 radical (unpaired) electrons. The van der Waals surface area contributed by atoms with Gasteiger partial charge in [0.1, 0.15) is 10.6 Å². The number of hydrogen-bond acceptors (Lipinski definition) is 4. The molecule has 0 saturated heterocycles. The van der Waals surface area contributed by atoms with Crippen LogP contribution in [0.15, 0.2) is 45.3 Å². The first-order valence-electron chi connectivity index (χ1n) is 5.95. The van der Waals surface area contributed by atoms with Crippen LogP contribution < -0.4 is 0 Å². The molecule has 2 heterocycles. The molecule has 0 aliphatic carbocycles. The van der Waals surface area contributed by atoms with Crippen molar-refractivity contribution in [1.82, 2.24) is 4.90 Å². The molecular weight excluding hydrogens is 264 g/mol. The van der Waals surface area contributed by atoms with E-state index in [0.717, 1.165) is 5.57 Å². The van der Waals surface area contributed by atoms with Gasteiger partial charge in [-0.1, -0.05) is 17.7 Å². The van der Waals surface area contributed by atoms with E-state index in [1.807, 2.05) is 6.92 Å². The first kappa shape index (κ1) is 12.4. The smallest absolute Gasteiger partial charge is 0.285 e. The summed E-state index contributed by atoms with van der Waals surface area (Å²) in [7, 11) is -3.65. The lowest BCUT2D eigenvalue weighted by Crippen LogP contribution is -2.43. The van der Waals surface area contributed by atoms with E-state index in [2.05, 4.69) is 4.40 Å². The maximum absolute atomic E-state index is 12.0. The molecule has 0 fully saturated rings. The zero-order valence-corrected chi connectivity index (χ0v) is 11.5. The molecule has 5 nitrogen and oxygen atoms in total. The summed E-state index contributed by atoms with van der Waals surface area (Å²) in [5, 5.41) is 10.4. The quantitative estimate of drug-likeness (QED) is 0.780. The number of rotatable bonds is 0. The van der Waals surface area contributed by atoms with Crippen LogP contribution in [0.1, 0.15) is 25.8 Å². The average Bonchev–Trinajstić information content (AvgIpc) is 2.73. The molecular formula is C13H14N2O3S. The minimum Gasteiger partial charge on any atom is -0.370 e. The number of aliphatic hydroxyl groups is 1. The van der Waals surface area contributed by atoms with E-state index in [1.54, 1.807) is 31.3 Å². The lowest BCUT2D eigenvalue weighted by Gasteiger charge is -2.30. The van der Waals surface area contributed by atoms with Crippen LogP contribution in [0, 0.1) is 0 Å². The number of hydrogen-bond donors (Lipinski definition) is 1. The second-order valence-corrected chi connectivity index (χ2v) is 6.70. The zero-order valence-electron chi connectivity index (χ0n) is 10.7. The van der Waals surface area contributed by atoms with Crippen molar-refractivity contribution in [2.24, 2.45) is 4.40 Å². The minimum absolute atomic E-state index is 0.193. The van der Waals surface area contributed by atoms with E-state index in [9.17, 15) is 13.5 Å². The van der Waals surface area contributed by atoms with Crippen molar-refractivity contribution >= 4 is 15.9 Å². The van der Waals surface area contributed by atoms with Crippen LogP contribution in [0.2, 0.25) is 0 Å². The minimum atomic E-state index is -3.65. The van der Waals surface area contributed by atoms with E-state index < -0.39 is 15.7 Å². The molecule has 1 atom stereocenters. The van der Waals surface area contributed by atoms with Gasteiger partial charge in [-0.15, -0.1) is 4.40 Å². The van der Waals surface area contributed by atoms with Crippen molar-refractivity contribution in [2.45, 2.75) is 30.9 Å². The molecule has 0 amide bonds. The zero-order chi connectivity index (χ0) is 13.8. The van der Waals surface area contributed by atoms with Gasteiger partial charge >= 0.3 is 0 Å². The summed E-state index contributed by atoms with van der Waals surface area (Å²) < 4.78 is 27.8. The second-order valence-electron chi connectivity index (χ2n) is 5.13. The van der Waals surface area contributed by atoms with E-state index >= 15 is 0 Å². The summed E-state index contributed by atoms with van der Waals surface area (Å²) in [6.45, 7) is 3.54. The van der Waals surface area contributed by atoms with Crippen LogP contribution in [0.25, 0.3) is 0 Å². The van der Waals surface area contributed by atoms with E-state index in [-0.39, 0.29) is 10.7 Å². The Hall–Kier alpha value is -1.66. The summed E-state index contributed by atoms with van der Waals surface area (Å²) in [6, 6.07) is 6.66. The van der Waals surface area contributed by atoms with Gasteiger partial charge < -0.3 is 10.0 Å². The molecule has 2 aliphatic rings. The fourth-order valence-electron chi connectivity index (χ4n) is 2.57. The molecule has 100 valence electrons. The molecule has 0 bridgehead atoms. The van der Waals surface area contributed by atoms with Crippen LogP contribution >= 0.6 is 0 Å². The van der Waals surface area contributed by atoms with Gasteiger partial charge in [-0.05, 0) is 26.0 Å². The van der Waals surface area contributed by atoms with Gasteiger partial charge in [0.05, 0.1) is 0 Å². The summed E-state index contributed by atoms with van der Waals surface area (Å²) in [6.07, 6.45) is 2.21. The Kier molecular flexibility index (Phi) is 2.40. The molecule has 1 N–H and O–H groups in total. The monoisotopic (exact) mass is 278 g/mol. The Bertz CT molecular complexity index is 717. The summed E-state index contributed by atoms with van der Waals surface area (Å²) >= 11 is 0. The molecule has 1 aromatic carbocycles. The molecule has 1 unspecified atom stereocenters. The van der Waals surface area contributed by atoms with Gasteiger partial charge in [0.25, 0.3) is 10.0 Å². The Morgan fingerprint density at radius 2 is 2.05 bits per heavy atom. The highest BCUT2D eigenvalue weighted by Crippen LogP contribution is 2.35. The third-order valence-electron chi connectivity index (χ3n) is 3.32. The van der Waals surface area contributed by atoms with E-state index in [4.69, 9.17) is 0 Å². The lowest BCUT2D eigenvalue weighted by molar-refractivity contribution is -0.0156. The highest BCUT2D eigenvalue weighted by atomic mass is 32.2. The van der Waals surface area contributed by atoms with Crippen LogP contribution in [-0.2, 0) is 10.0 Å². The van der Waals surface area contributed by atoms with Crippen LogP contribution in [0.3, 0.4) is 0 Å². The third kappa shape index (κ3) is 1.79. The van der Waals surface area contributed by atoms with Crippen LogP contribution in [0.4, 0.5) is 0 Å². The topological polar surface area (TPSA) is 70.0 Å². The third-order valence-corrected chi connectivity index (χ3v) is 4.65. The molecule has 0 saturated carbocycles. The standard InChI is InChI=1S/C13H14N2O3S/c1-9-7-13(2,16)15(8-9)12-10-5-3-4-6-11(10)19(17,18)14-12/h3-6,8,16H,7H2,1-2H3. The first-order valence-corrected chi connectivity index (χ1v) is 7.39. The summed E-state index contributed by atoms with van der Waals surface area (Å²) in [5.74, 6) is 0.289. The molecule has 3 rings (SSSR count).